The summed E-state index contributed by atoms with van der Waals surface area (Å²) in [7, 11) is 0. The number of carbonyl (C=O) groups is 4. The van der Waals surface area contributed by atoms with Crippen molar-refractivity contribution in [3.63, 3.8) is 0 Å². The van der Waals surface area contributed by atoms with Crippen LogP contribution in [0, 0.1) is 5.41 Å². The fourth-order valence-electron chi connectivity index (χ4n) is 9.25. The third-order valence-corrected chi connectivity index (χ3v) is 12.2. The molecule has 0 radical (unpaired) electrons. The standard InChI is InChI=1S/C48H67N3O12/c1-6-8-10-21-47(22-11-9-7-2)61-39-37-28-48(45(57)49-29-33-15-13-17-35(27-33)43(55)50-36(31-53)18-19-38(54)60-46(3,4)5)41(44(56)59-37)51(63-42(48)40(39)62-47)30-34-16-12-14-32(26-34)20-24-58-25-23-52/h12-17,20,24,26-27,36-37,39-42,52-53H,6-11,18-19,21-23,25,28-31H2,1-5H3,(H,49,57)(H,50,55)/t36-,37+,39-,40-,41-,42+,48-/m0/s1. The maximum absolute atomic E-state index is 15.0. The molecule has 2 amide bonds. The van der Waals surface area contributed by atoms with Crippen molar-refractivity contribution in [3.8, 4) is 0 Å². The SMILES string of the molecule is CCCCCC1(CCCCC)O[C@@H]2[C@H](O1)[C@H]1ON(Cc3cccc(C=COCCO)c3)[C@H]3C(=O)O[C@@H]2C[C@@]13C(=O)NCc1cccc(C(=O)N[C@H](CO)CCC(=O)OC(C)(C)C)c1. The van der Waals surface area contributed by atoms with E-state index in [-0.39, 0.29) is 52.2 Å². The average Bonchev–Trinajstić information content (AvgIpc) is 3.81. The molecule has 15 nitrogen and oxygen atoms in total. The van der Waals surface area contributed by atoms with E-state index in [0.717, 1.165) is 49.7 Å². The zero-order chi connectivity index (χ0) is 45.2. The second kappa shape index (κ2) is 21.5. The average molecular weight is 878 g/mol. The van der Waals surface area contributed by atoms with Gasteiger partial charge in [0, 0.05) is 37.8 Å². The lowest BCUT2D eigenvalue weighted by atomic mass is 9.62. The van der Waals surface area contributed by atoms with Crippen LogP contribution in [0.25, 0.3) is 6.08 Å². The van der Waals surface area contributed by atoms with Gasteiger partial charge >= 0.3 is 11.9 Å². The molecule has 346 valence electrons. The smallest absolute Gasteiger partial charge is 0.327 e. The van der Waals surface area contributed by atoms with E-state index < -0.39 is 77.1 Å². The number of aliphatic hydroxyl groups excluding tert-OH is 2. The van der Waals surface area contributed by atoms with Crippen LogP contribution >= 0.6 is 0 Å². The lowest BCUT2D eigenvalue weighted by molar-refractivity contribution is -0.224. The Morgan fingerprint density at radius 2 is 1.68 bits per heavy atom. The predicted molar refractivity (Wildman–Crippen MR) is 232 cm³/mol. The van der Waals surface area contributed by atoms with Gasteiger partial charge < -0.3 is 44.5 Å². The quantitative estimate of drug-likeness (QED) is 0.0611. The molecular formula is C48H67N3O12. The van der Waals surface area contributed by atoms with Gasteiger partial charge in [0.1, 0.15) is 42.0 Å². The molecule has 2 aromatic carbocycles. The van der Waals surface area contributed by atoms with E-state index in [2.05, 4.69) is 24.5 Å². The first-order valence-corrected chi connectivity index (χ1v) is 22.7. The number of benzene rings is 2. The van der Waals surface area contributed by atoms with Crippen molar-refractivity contribution in [2.24, 2.45) is 5.41 Å². The first-order valence-electron chi connectivity index (χ1n) is 22.7. The second-order valence-electron chi connectivity index (χ2n) is 18.2. The molecule has 1 saturated carbocycles. The molecule has 6 rings (SSSR count). The molecular weight excluding hydrogens is 811 g/mol. The number of esters is 2. The molecule has 15 heteroatoms. The fraction of sp³-hybridized carbons (Fsp3) is 0.625. The number of aliphatic hydroxyl groups is 2. The number of amides is 2. The number of rotatable bonds is 23. The van der Waals surface area contributed by atoms with Gasteiger partial charge in [-0.25, -0.2) is 0 Å². The number of nitrogens with zero attached hydrogens (tertiary/aromatic N) is 1. The van der Waals surface area contributed by atoms with Crippen molar-refractivity contribution in [3.05, 3.63) is 77.0 Å². The summed E-state index contributed by atoms with van der Waals surface area (Å²) in [5.41, 5.74) is 0.548. The summed E-state index contributed by atoms with van der Waals surface area (Å²) in [6.45, 7) is 9.53. The normalized spacial score (nSPS) is 25.3. The summed E-state index contributed by atoms with van der Waals surface area (Å²) in [4.78, 5) is 61.8. The van der Waals surface area contributed by atoms with Gasteiger partial charge in [-0.3, -0.25) is 24.0 Å². The highest BCUT2D eigenvalue weighted by molar-refractivity contribution is 5.95. The predicted octanol–water partition coefficient (Wildman–Crippen LogP) is 5.64. The zero-order valence-corrected chi connectivity index (χ0v) is 37.5. The molecule has 3 aliphatic heterocycles. The van der Waals surface area contributed by atoms with E-state index in [4.69, 9.17) is 33.6 Å². The molecule has 0 unspecified atom stereocenters. The van der Waals surface area contributed by atoms with Gasteiger partial charge in [0.15, 0.2) is 11.8 Å². The molecule has 0 aromatic heterocycles. The lowest BCUT2D eigenvalue weighted by Gasteiger charge is -2.48. The van der Waals surface area contributed by atoms with Crippen molar-refractivity contribution in [1.29, 1.82) is 0 Å². The van der Waals surface area contributed by atoms with E-state index in [0.29, 0.717) is 24.0 Å². The Hall–Kier alpha value is -4.38. The van der Waals surface area contributed by atoms with Gasteiger partial charge in [0.2, 0.25) is 5.91 Å². The van der Waals surface area contributed by atoms with E-state index >= 15 is 4.79 Å². The molecule has 0 spiro atoms. The van der Waals surface area contributed by atoms with Gasteiger partial charge in [0.25, 0.3) is 5.91 Å². The second-order valence-corrected chi connectivity index (χ2v) is 18.2. The third kappa shape index (κ3) is 11.7. The lowest BCUT2D eigenvalue weighted by Crippen LogP contribution is -2.69. The van der Waals surface area contributed by atoms with Gasteiger partial charge in [-0.05, 0) is 74.9 Å². The van der Waals surface area contributed by atoms with Crippen molar-refractivity contribution in [2.75, 3.05) is 19.8 Å². The van der Waals surface area contributed by atoms with E-state index in [9.17, 15) is 19.5 Å². The maximum Gasteiger partial charge on any atom is 0.327 e. The van der Waals surface area contributed by atoms with Crippen LogP contribution in [0.15, 0.2) is 54.8 Å². The van der Waals surface area contributed by atoms with Crippen molar-refractivity contribution in [2.45, 2.75) is 166 Å². The molecule has 2 aromatic rings. The summed E-state index contributed by atoms with van der Waals surface area (Å²) in [6, 6.07) is 12.7. The van der Waals surface area contributed by atoms with Gasteiger partial charge in [-0.2, -0.15) is 5.06 Å². The molecule has 1 aliphatic carbocycles. The van der Waals surface area contributed by atoms with Crippen LogP contribution in [0.3, 0.4) is 0 Å². The summed E-state index contributed by atoms with van der Waals surface area (Å²) >= 11 is 0. The van der Waals surface area contributed by atoms with Crippen molar-refractivity contribution in [1.82, 2.24) is 15.7 Å². The first kappa shape index (κ1) is 48.1. The topological polar surface area (TPSA) is 191 Å². The van der Waals surface area contributed by atoms with Crippen LogP contribution in [-0.2, 0) is 56.0 Å². The van der Waals surface area contributed by atoms with Crippen LogP contribution in [0.2, 0.25) is 0 Å². The number of nitrogens with one attached hydrogen (secondary N) is 2. The summed E-state index contributed by atoms with van der Waals surface area (Å²) < 4.78 is 30.8. The highest BCUT2D eigenvalue weighted by Crippen LogP contribution is 2.58. The van der Waals surface area contributed by atoms with E-state index in [1.54, 1.807) is 56.2 Å². The van der Waals surface area contributed by atoms with Gasteiger partial charge in [0.05, 0.1) is 32.1 Å². The largest absolute Gasteiger partial charge is 0.499 e. The Balaban J connectivity index is 1.24. The molecule has 4 fully saturated rings. The fourth-order valence-corrected chi connectivity index (χ4v) is 9.25. The minimum absolute atomic E-state index is 0.0247. The first-order chi connectivity index (χ1) is 30.2. The summed E-state index contributed by atoms with van der Waals surface area (Å²) in [5, 5.41) is 26.5. The number of carbonyl (C=O) groups excluding carboxylic acids is 4. The Labute approximate surface area is 371 Å². The van der Waals surface area contributed by atoms with Crippen LogP contribution in [-0.4, -0.2) is 107 Å². The van der Waals surface area contributed by atoms with Crippen LogP contribution < -0.4 is 10.6 Å². The minimum atomic E-state index is -1.40. The van der Waals surface area contributed by atoms with Crippen LogP contribution in [0.1, 0.15) is 132 Å². The van der Waals surface area contributed by atoms with Gasteiger partial charge in [-0.1, -0.05) is 75.9 Å². The minimum Gasteiger partial charge on any atom is -0.499 e. The van der Waals surface area contributed by atoms with Crippen molar-refractivity contribution < 1.29 is 57.9 Å². The monoisotopic (exact) mass is 877 g/mol. The zero-order valence-electron chi connectivity index (χ0n) is 37.5. The number of hydrogen-bond acceptors (Lipinski definition) is 13. The Morgan fingerprint density at radius 1 is 0.968 bits per heavy atom. The third-order valence-electron chi connectivity index (χ3n) is 12.2. The van der Waals surface area contributed by atoms with Crippen LogP contribution in [0.5, 0.6) is 0 Å². The molecule has 2 bridgehead atoms. The molecule has 4 N–H and O–H groups in total. The summed E-state index contributed by atoms with van der Waals surface area (Å²) in [5.74, 6) is -2.74. The number of hydroxylamine groups is 2. The van der Waals surface area contributed by atoms with Gasteiger partial charge in [-0.15, -0.1) is 0 Å². The molecule has 4 aliphatic rings. The summed E-state index contributed by atoms with van der Waals surface area (Å²) in [6.07, 6.45) is 7.98. The molecule has 7 atom stereocenters. The number of fused-ring (bicyclic) bond motifs is 4. The highest BCUT2D eigenvalue weighted by atomic mass is 16.8. The Bertz CT molecular complexity index is 1910. The highest BCUT2D eigenvalue weighted by Gasteiger charge is 2.76. The number of unbranched alkanes of at least 4 members (excludes halogenated alkanes) is 4. The Morgan fingerprint density at radius 3 is 2.38 bits per heavy atom. The van der Waals surface area contributed by atoms with E-state index in [1.165, 1.54) is 6.26 Å². The van der Waals surface area contributed by atoms with E-state index in [1.807, 2.05) is 24.3 Å². The maximum atomic E-state index is 15.0. The van der Waals surface area contributed by atoms with Crippen LogP contribution in [0.4, 0.5) is 0 Å². The number of ether oxygens (including phenoxy) is 5. The molecule has 3 saturated heterocycles. The van der Waals surface area contributed by atoms with Crippen molar-refractivity contribution >= 4 is 29.8 Å². The molecule has 3 heterocycles. The molecule has 63 heavy (non-hydrogen) atoms. The number of hydrogen-bond donors (Lipinski definition) is 4. The Kier molecular flexibility index (Phi) is 16.4.